The van der Waals surface area contributed by atoms with Gasteiger partial charge in [0.2, 0.25) is 0 Å². The van der Waals surface area contributed by atoms with Gasteiger partial charge in [-0.15, -0.1) is 0 Å². The Hall–Kier alpha value is -2.24. The number of anilines is 1. The Kier molecular flexibility index (Phi) is 5.66. The Morgan fingerprint density at radius 1 is 1.32 bits per heavy atom. The smallest absolute Gasteiger partial charge is 0.354 e. The fraction of sp³-hybridized carbons (Fsp3) is 0.385. The van der Waals surface area contributed by atoms with Crippen LogP contribution in [0.15, 0.2) is 23.3 Å². The van der Waals surface area contributed by atoms with E-state index in [1.165, 1.54) is 0 Å². The minimum absolute atomic E-state index is 0.228. The number of nitrogens with one attached hydrogen (secondary N) is 1. The number of ether oxygens (including phenoxy) is 3. The molecule has 1 N–H and O–H groups in total. The second-order valence-corrected chi connectivity index (χ2v) is 3.60. The Labute approximate surface area is 112 Å². The fourth-order valence-electron chi connectivity index (χ4n) is 1.33. The molecule has 6 nitrogen and oxygen atoms in total. The quantitative estimate of drug-likeness (QED) is 0.485. The number of rotatable bonds is 6. The lowest BCUT2D eigenvalue weighted by Crippen LogP contribution is -2.15. The van der Waals surface area contributed by atoms with Crippen LogP contribution in [0.25, 0.3) is 0 Å². The van der Waals surface area contributed by atoms with Gasteiger partial charge >= 0.3 is 5.97 Å². The third-order valence-corrected chi connectivity index (χ3v) is 2.32. The van der Waals surface area contributed by atoms with Crippen LogP contribution in [0, 0.1) is 0 Å². The van der Waals surface area contributed by atoms with E-state index in [-0.39, 0.29) is 5.71 Å². The third-order valence-electron chi connectivity index (χ3n) is 2.32. The summed E-state index contributed by atoms with van der Waals surface area (Å²) in [7, 11) is 3.12. The summed E-state index contributed by atoms with van der Waals surface area (Å²) in [5.74, 6) is 0.797. The second-order valence-electron chi connectivity index (χ2n) is 3.60. The summed E-state index contributed by atoms with van der Waals surface area (Å²) >= 11 is 0. The van der Waals surface area contributed by atoms with E-state index >= 15 is 0 Å². The van der Waals surface area contributed by atoms with Crippen LogP contribution in [-0.2, 0) is 9.53 Å². The lowest BCUT2D eigenvalue weighted by Gasteiger charge is -2.10. The summed E-state index contributed by atoms with van der Waals surface area (Å²) in [5.41, 5.74) is 3.59. The van der Waals surface area contributed by atoms with Gasteiger partial charge < -0.3 is 14.2 Å². The van der Waals surface area contributed by atoms with Gasteiger partial charge in [-0.1, -0.05) is 0 Å². The van der Waals surface area contributed by atoms with E-state index in [0.29, 0.717) is 23.8 Å². The predicted molar refractivity (Wildman–Crippen MR) is 72.9 cm³/mol. The molecular weight excluding hydrogens is 248 g/mol. The first kappa shape index (κ1) is 14.8. The minimum atomic E-state index is -0.461. The van der Waals surface area contributed by atoms with Crippen molar-refractivity contribution in [1.29, 1.82) is 0 Å². The SMILES string of the molecule is CCOC(=O)/C(C)=N\Nc1cc(OC)ccc1OC. The van der Waals surface area contributed by atoms with E-state index in [0.717, 1.165) is 0 Å². The maximum atomic E-state index is 11.4. The zero-order valence-corrected chi connectivity index (χ0v) is 11.5. The van der Waals surface area contributed by atoms with Gasteiger partial charge in [-0.05, 0) is 26.0 Å². The summed E-state index contributed by atoms with van der Waals surface area (Å²) in [6.45, 7) is 3.62. The van der Waals surface area contributed by atoms with Gasteiger partial charge in [0.05, 0.1) is 20.8 Å². The van der Waals surface area contributed by atoms with E-state index in [2.05, 4.69) is 10.5 Å². The number of benzene rings is 1. The molecule has 0 saturated carbocycles. The molecule has 6 heteroatoms. The minimum Gasteiger partial charge on any atom is -0.497 e. The van der Waals surface area contributed by atoms with Crippen LogP contribution in [0.3, 0.4) is 0 Å². The number of carbonyl (C=O) groups is 1. The van der Waals surface area contributed by atoms with Crippen LogP contribution in [0.2, 0.25) is 0 Å². The van der Waals surface area contributed by atoms with E-state index < -0.39 is 5.97 Å². The molecule has 0 unspecified atom stereocenters. The van der Waals surface area contributed by atoms with Gasteiger partial charge in [0.1, 0.15) is 22.9 Å². The molecule has 0 aliphatic carbocycles. The molecule has 1 aromatic carbocycles. The fourth-order valence-corrected chi connectivity index (χ4v) is 1.33. The Morgan fingerprint density at radius 2 is 2.05 bits per heavy atom. The summed E-state index contributed by atoms with van der Waals surface area (Å²) in [6.07, 6.45) is 0. The molecule has 0 atom stereocenters. The van der Waals surface area contributed by atoms with Crippen molar-refractivity contribution in [3.05, 3.63) is 18.2 Å². The highest BCUT2D eigenvalue weighted by Gasteiger charge is 2.08. The number of hydrogen-bond donors (Lipinski definition) is 1. The first-order valence-corrected chi connectivity index (χ1v) is 5.81. The molecule has 1 rings (SSSR count). The first-order chi connectivity index (χ1) is 9.12. The number of hydrazone groups is 1. The van der Waals surface area contributed by atoms with Crippen molar-refractivity contribution >= 4 is 17.4 Å². The highest BCUT2D eigenvalue weighted by molar-refractivity contribution is 6.35. The largest absolute Gasteiger partial charge is 0.497 e. The number of hydrogen-bond acceptors (Lipinski definition) is 6. The van der Waals surface area contributed by atoms with Crippen molar-refractivity contribution in [2.75, 3.05) is 26.3 Å². The van der Waals surface area contributed by atoms with Crippen molar-refractivity contribution in [2.24, 2.45) is 5.10 Å². The zero-order chi connectivity index (χ0) is 14.3. The average molecular weight is 266 g/mol. The topological polar surface area (TPSA) is 69.2 Å². The summed E-state index contributed by atoms with van der Waals surface area (Å²) in [5, 5.41) is 3.95. The number of nitrogens with zero attached hydrogens (tertiary/aromatic N) is 1. The van der Waals surface area contributed by atoms with Crippen LogP contribution in [0.1, 0.15) is 13.8 Å². The maximum absolute atomic E-state index is 11.4. The summed E-state index contributed by atoms with van der Waals surface area (Å²) < 4.78 is 15.1. The second kappa shape index (κ2) is 7.25. The monoisotopic (exact) mass is 266 g/mol. The van der Waals surface area contributed by atoms with Gasteiger partial charge in [0.15, 0.2) is 0 Å². The molecule has 104 valence electrons. The van der Waals surface area contributed by atoms with Crippen LogP contribution >= 0.6 is 0 Å². The molecule has 0 saturated heterocycles. The summed E-state index contributed by atoms with van der Waals surface area (Å²) in [4.78, 5) is 11.4. The predicted octanol–water partition coefficient (Wildman–Crippen LogP) is 2.05. The van der Waals surface area contributed by atoms with Crippen LogP contribution in [0.4, 0.5) is 5.69 Å². The molecule has 19 heavy (non-hydrogen) atoms. The normalized spacial score (nSPS) is 10.8. The molecule has 0 bridgehead atoms. The molecule has 0 heterocycles. The first-order valence-electron chi connectivity index (χ1n) is 5.81. The highest BCUT2D eigenvalue weighted by atomic mass is 16.5. The van der Waals surface area contributed by atoms with Gasteiger partial charge in [-0.25, -0.2) is 4.79 Å². The highest BCUT2D eigenvalue weighted by Crippen LogP contribution is 2.28. The van der Waals surface area contributed by atoms with Gasteiger partial charge in [-0.2, -0.15) is 5.10 Å². The standard InChI is InChI=1S/C13H18N2O4/c1-5-19-13(16)9(2)14-15-11-8-10(17-3)6-7-12(11)18-4/h6-8,15H,5H2,1-4H3/b14-9-. The van der Waals surface area contributed by atoms with Gasteiger partial charge in [-0.3, -0.25) is 5.43 Å². The lowest BCUT2D eigenvalue weighted by atomic mass is 10.3. The maximum Gasteiger partial charge on any atom is 0.354 e. The zero-order valence-electron chi connectivity index (χ0n) is 11.5. The molecule has 1 aromatic rings. The van der Waals surface area contributed by atoms with Crippen molar-refractivity contribution < 1.29 is 19.0 Å². The molecule has 0 spiro atoms. The van der Waals surface area contributed by atoms with E-state index in [1.54, 1.807) is 46.3 Å². The number of esters is 1. The summed E-state index contributed by atoms with van der Waals surface area (Å²) in [6, 6.07) is 5.24. The van der Waals surface area contributed by atoms with Crippen LogP contribution in [-0.4, -0.2) is 32.5 Å². The van der Waals surface area contributed by atoms with Gasteiger partial charge in [0.25, 0.3) is 0 Å². The molecule has 0 radical (unpaired) electrons. The molecular formula is C13H18N2O4. The molecule has 0 fully saturated rings. The average Bonchev–Trinajstić information content (AvgIpc) is 2.44. The van der Waals surface area contributed by atoms with Crippen molar-refractivity contribution in [3.8, 4) is 11.5 Å². The van der Waals surface area contributed by atoms with Crippen molar-refractivity contribution in [3.63, 3.8) is 0 Å². The van der Waals surface area contributed by atoms with E-state index in [4.69, 9.17) is 14.2 Å². The van der Waals surface area contributed by atoms with E-state index in [1.807, 2.05) is 0 Å². The van der Waals surface area contributed by atoms with Gasteiger partial charge in [0, 0.05) is 6.07 Å². The van der Waals surface area contributed by atoms with Crippen LogP contribution in [0.5, 0.6) is 11.5 Å². The Balaban J connectivity index is 2.86. The molecule has 0 aromatic heterocycles. The Bertz CT molecular complexity index is 472. The Morgan fingerprint density at radius 3 is 2.63 bits per heavy atom. The third kappa shape index (κ3) is 4.17. The van der Waals surface area contributed by atoms with Crippen molar-refractivity contribution in [1.82, 2.24) is 0 Å². The number of methoxy groups -OCH3 is 2. The van der Waals surface area contributed by atoms with Crippen molar-refractivity contribution in [2.45, 2.75) is 13.8 Å². The molecule has 0 aliphatic heterocycles. The molecule has 0 amide bonds. The van der Waals surface area contributed by atoms with E-state index in [9.17, 15) is 4.79 Å². The lowest BCUT2D eigenvalue weighted by molar-refractivity contribution is -0.135. The molecule has 0 aliphatic rings. The van der Waals surface area contributed by atoms with Crippen LogP contribution < -0.4 is 14.9 Å². The number of carbonyl (C=O) groups excluding carboxylic acids is 1.